The molecule has 0 atom stereocenters. The standard InChI is InChI=1S/C50H35NO/c1-50(46-21-10-8-19-42(46)43-20-9-11-22-47(43)50)38-25-30-48-45(32-38)44-29-28-41(33-49(44)52-48)51(39-26-23-36(24-27-39)34-13-4-2-5-14-34)40-18-12-17-37(31-40)35-15-6-3-7-16-35/h2-33H,1H3. The zero-order valence-corrected chi connectivity index (χ0v) is 28.8. The Bertz CT molecular complexity index is 2700. The van der Waals surface area contributed by atoms with Gasteiger partial charge in [-0.1, -0.05) is 140 Å². The number of rotatable bonds is 6. The molecule has 0 spiro atoms. The maximum Gasteiger partial charge on any atom is 0.137 e. The van der Waals surface area contributed by atoms with Crippen molar-refractivity contribution in [3.05, 3.63) is 211 Å². The minimum absolute atomic E-state index is 0.266. The van der Waals surface area contributed by atoms with Gasteiger partial charge in [-0.2, -0.15) is 0 Å². The van der Waals surface area contributed by atoms with E-state index in [0.29, 0.717) is 0 Å². The van der Waals surface area contributed by atoms with Gasteiger partial charge in [-0.3, -0.25) is 0 Å². The Labute approximate surface area is 303 Å². The smallest absolute Gasteiger partial charge is 0.137 e. The lowest BCUT2D eigenvalue weighted by Gasteiger charge is -2.28. The fraction of sp³-hybridized carbons (Fsp3) is 0.0400. The van der Waals surface area contributed by atoms with Gasteiger partial charge in [0, 0.05) is 39.3 Å². The van der Waals surface area contributed by atoms with Gasteiger partial charge in [0.15, 0.2) is 0 Å². The summed E-state index contributed by atoms with van der Waals surface area (Å²) in [5.41, 5.74) is 16.0. The monoisotopic (exact) mass is 665 g/mol. The van der Waals surface area contributed by atoms with Crippen LogP contribution in [0.25, 0.3) is 55.3 Å². The van der Waals surface area contributed by atoms with E-state index < -0.39 is 0 Å². The Morgan fingerprint density at radius 3 is 1.63 bits per heavy atom. The van der Waals surface area contributed by atoms with Crippen molar-refractivity contribution < 1.29 is 4.42 Å². The first-order chi connectivity index (χ1) is 25.6. The molecule has 0 bridgehead atoms. The Morgan fingerprint density at radius 1 is 0.385 bits per heavy atom. The highest BCUT2D eigenvalue weighted by Crippen LogP contribution is 2.53. The number of hydrogen-bond donors (Lipinski definition) is 0. The summed E-state index contributed by atoms with van der Waals surface area (Å²) in [5.74, 6) is 0. The van der Waals surface area contributed by atoms with E-state index in [0.717, 1.165) is 39.0 Å². The van der Waals surface area contributed by atoms with Crippen molar-refractivity contribution in [3.63, 3.8) is 0 Å². The average molecular weight is 666 g/mol. The van der Waals surface area contributed by atoms with Gasteiger partial charge in [0.2, 0.25) is 0 Å². The van der Waals surface area contributed by atoms with Crippen LogP contribution in [-0.2, 0) is 5.41 Å². The summed E-state index contributed by atoms with van der Waals surface area (Å²) in [7, 11) is 0. The highest BCUT2D eigenvalue weighted by Gasteiger charge is 2.40. The van der Waals surface area contributed by atoms with Crippen LogP contribution in [0.2, 0.25) is 0 Å². The third-order valence-electron chi connectivity index (χ3n) is 11.0. The second-order valence-electron chi connectivity index (χ2n) is 13.9. The number of anilines is 3. The summed E-state index contributed by atoms with van der Waals surface area (Å²) < 4.78 is 6.65. The molecule has 8 aromatic carbocycles. The van der Waals surface area contributed by atoms with E-state index in [-0.39, 0.29) is 5.41 Å². The fourth-order valence-electron chi connectivity index (χ4n) is 8.32. The van der Waals surface area contributed by atoms with Crippen molar-refractivity contribution in [2.45, 2.75) is 12.3 Å². The number of nitrogens with zero attached hydrogens (tertiary/aromatic N) is 1. The lowest BCUT2D eigenvalue weighted by Crippen LogP contribution is -2.22. The highest BCUT2D eigenvalue weighted by molar-refractivity contribution is 6.06. The summed E-state index contributed by atoms with van der Waals surface area (Å²) in [4.78, 5) is 2.33. The zero-order valence-electron chi connectivity index (χ0n) is 28.8. The van der Waals surface area contributed by atoms with Crippen LogP contribution < -0.4 is 4.90 Å². The maximum atomic E-state index is 6.65. The van der Waals surface area contributed by atoms with Crippen molar-refractivity contribution in [1.29, 1.82) is 0 Å². The van der Waals surface area contributed by atoms with E-state index in [1.54, 1.807) is 0 Å². The molecular formula is C50H35NO. The second kappa shape index (κ2) is 12.0. The molecule has 0 unspecified atom stereocenters. The Balaban J connectivity index is 1.10. The van der Waals surface area contributed by atoms with Crippen LogP contribution in [0.4, 0.5) is 17.1 Å². The first-order valence-corrected chi connectivity index (χ1v) is 17.9. The molecule has 1 heterocycles. The lowest BCUT2D eigenvalue weighted by atomic mass is 9.74. The van der Waals surface area contributed by atoms with Gasteiger partial charge in [0.1, 0.15) is 11.2 Å². The normalized spacial score (nSPS) is 12.9. The topological polar surface area (TPSA) is 16.4 Å². The first-order valence-electron chi connectivity index (χ1n) is 17.9. The largest absolute Gasteiger partial charge is 0.456 e. The van der Waals surface area contributed by atoms with Crippen LogP contribution in [0.15, 0.2) is 199 Å². The van der Waals surface area contributed by atoms with E-state index >= 15 is 0 Å². The highest BCUT2D eigenvalue weighted by atomic mass is 16.3. The van der Waals surface area contributed by atoms with Crippen LogP contribution in [0.5, 0.6) is 0 Å². The van der Waals surface area contributed by atoms with Crippen molar-refractivity contribution in [2.24, 2.45) is 0 Å². The Kier molecular flexibility index (Phi) is 6.97. The molecule has 1 aromatic heterocycles. The molecule has 0 amide bonds. The lowest BCUT2D eigenvalue weighted by molar-refractivity contribution is 0.667. The molecule has 0 fully saturated rings. The van der Waals surface area contributed by atoms with Gasteiger partial charge < -0.3 is 9.32 Å². The third-order valence-corrected chi connectivity index (χ3v) is 11.0. The van der Waals surface area contributed by atoms with Crippen LogP contribution >= 0.6 is 0 Å². The molecule has 1 aliphatic rings. The summed E-state index contributed by atoms with van der Waals surface area (Å²) in [6.07, 6.45) is 0. The molecule has 1 aliphatic carbocycles. The molecule has 2 nitrogen and oxygen atoms in total. The molecule has 0 radical (unpaired) electrons. The quantitative estimate of drug-likeness (QED) is 0.176. The zero-order chi connectivity index (χ0) is 34.6. The van der Waals surface area contributed by atoms with Crippen molar-refractivity contribution in [2.75, 3.05) is 4.90 Å². The van der Waals surface area contributed by atoms with Crippen LogP contribution in [-0.4, -0.2) is 0 Å². The van der Waals surface area contributed by atoms with E-state index in [1.807, 2.05) is 0 Å². The molecule has 0 saturated carbocycles. The number of fused-ring (bicyclic) bond motifs is 6. The van der Waals surface area contributed by atoms with Crippen LogP contribution in [0.1, 0.15) is 23.6 Å². The molecule has 246 valence electrons. The Hall–Kier alpha value is -6.64. The average Bonchev–Trinajstić information content (AvgIpc) is 3.71. The van der Waals surface area contributed by atoms with E-state index in [1.165, 1.54) is 50.1 Å². The van der Waals surface area contributed by atoms with Crippen molar-refractivity contribution in [1.82, 2.24) is 0 Å². The van der Waals surface area contributed by atoms with Crippen molar-refractivity contribution in [3.8, 4) is 33.4 Å². The van der Waals surface area contributed by atoms with Gasteiger partial charge in [0.05, 0.1) is 0 Å². The van der Waals surface area contributed by atoms with Crippen LogP contribution in [0.3, 0.4) is 0 Å². The molecule has 10 rings (SSSR count). The van der Waals surface area contributed by atoms with Gasteiger partial charge in [-0.25, -0.2) is 0 Å². The van der Waals surface area contributed by atoms with Crippen LogP contribution in [0, 0.1) is 0 Å². The Morgan fingerprint density at radius 2 is 0.942 bits per heavy atom. The molecular weight excluding hydrogens is 631 g/mol. The molecule has 52 heavy (non-hydrogen) atoms. The fourth-order valence-corrected chi connectivity index (χ4v) is 8.32. The van der Waals surface area contributed by atoms with E-state index in [9.17, 15) is 0 Å². The SMILES string of the molecule is CC1(c2ccc3oc4cc(N(c5ccc(-c6ccccc6)cc5)c5cccc(-c6ccccc6)c5)ccc4c3c2)c2ccccc2-c2ccccc21. The minimum atomic E-state index is -0.266. The van der Waals surface area contributed by atoms with Crippen molar-refractivity contribution >= 4 is 39.0 Å². The maximum absolute atomic E-state index is 6.65. The number of benzene rings is 8. The molecule has 0 saturated heterocycles. The molecule has 9 aromatic rings. The van der Waals surface area contributed by atoms with Gasteiger partial charge >= 0.3 is 0 Å². The van der Waals surface area contributed by atoms with E-state index in [2.05, 4.69) is 206 Å². The van der Waals surface area contributed by atoms with Gasteiger partial charge in [-0.15, -0.1) is 0 Å². The second-order valence-corrected chi connectivity index (χ2v) is 13.9. The molecule has 0 aliphatic heterocycles. The number of hydrogen-bond acceptors (Lipinski definition) is 2. The summed E-state index contributed by atoms with van der Waals surface area (Å²) in [6.45, 7) is 2.36. The first kappa shape index (κ1) is 30.2. The third kappa shape index (κ3) is 4.80. The summed E-state index contributed by atoms with van der Waals surface area (Å²) in [5, 5.41) is 2.24. The van der Waals surface area contributed by atoms with E-state index in [4.69, 9.17) is 4.42 Å². The van der Waals surface area contributed by atoms with Gasteiger partial charge in [0.25, 0.3) is 0 Å². The molecule has 2 heteroatoms. The number of furan rings is 1. The predicted molar refractivity (Wildman–Crippen MR) is 217 cm³/mol. The molecule has 0 N–H and O–H groups in total. The minimum Gasteiger partial charge on any atom is -0.456 e. The summed E-state index contributed by atoms with van der Waals surface area (Å²) in [6, 6.07) is 69.8. The summed E-state index contributed by atoms with van der Waals surface area (Å²) >= 11 is 0. The predicted octanol–water partition coefficient (Wildman–Crippen LogP) is 13.7. The van der Waals surface area contributed by atoms with Gasteiger partial charge in [-0.05, 0) is 106 Å².